The molecule has 1 amide bonds. The van der Waals surface area contributed by atoms with Gasteiger partial charge in [-0.05, 0) is 13.8 Å². The summed E-state index contributed by atoms with van der Waals surface area (Å²) in [6, 6.07) is -0.260. The average molecular weight is 199 g/mol. The van der Waals surface area contributed by atoms with Crippen LogP contribution < -0.4 is 5.32 Å². The molecule has 5 heteroatoms. The van der Waals surface area contributed by atoms with Crippen LogP contribution in [0.1, 0.15) is 20.3 Å². The van der Waals surface area contributed by atoms with Gasteiger partial charge in [-0.15, -0.1) is 0 Å². The van der Waals surface area contributed by atoms with Crippen LogP contribution in [0.3, 0.4) is 0 Å². The van der Waals surface area contributed by atoms with Crippen molar-refractivity contribution in [2.45, 2.75) is 26.3 Å². The second-order valence-electron chi connectivity index (χ2n) is 3.64. The number of carbonyl (C=O) groups is 3. The average Bonchev–Trinajstić information content (AvgIpc) is 2.25. The number of carboxylic acids is 1. The van der Waals surface area contributed by atoms with E-state index < -0.39 is 17.8 Å². The van der Waals surface area contributed by atoms with E-state index in [1.165, 1.54) is 6.92 Å². The van der Waals surface area contributed by atoms with Gasteiger partial charge in [-0.2, -0.15) is 0 Å². The SMILES string of the molecule is CC(=O)[C@H]1[C@H](C)NC(=O)[C@H]1CC(=O)O. The van der Waals surface area contributed by atoms with Gasteiger partial charge in [0, 0.05) is 12.0 Å². The second kappa shape index (κ2) is 3.77. The zero-order valence-electron chi connectivity index (χ0n) is 8.11. The van der Waals surface area contributed by atoms with Crippen LogP contribution in [0.5, 0.6) is 0 Å². The molecule has 5 nitrogen and oxygen atoms in total. The maximum absolute atomic E-state index is 11.3. The van der Waals surface area contributed by atoms with Gasteiger partial charge in [0.1, 0.15) is 5.78 Å². The first-order valence-corrected chi connectivity index (χ1v) is 4.46. The highest BCUT2D eigenvalue weighted by Gasteiger charge is 2.43. The number of Topliss-reactive ketones (excluding diaryl/α,β-unsaturated/α-hetero) is 1. The highest BCUT2D eigenvalue weighted by Crippen LogP contribution is 2.27. The first-order chi connectivity index (χ1) is 6.43. The van der Waals surface area contributed by atoms with Gasteiger partial charge < -0.3 is 10.4 Å². The zero-order valence-corrected chi connectivity index (χ0v) is 8.11. The summed E-state index contributed by atoms with van der Waals surface area (Å²) in [4.78, 5) is 33.0. The minimum Gasteiger partial charge on any atom is -0.481 e. The van der Waals surface area contributed by atoms with Gasteiger partial charge in [0.05, 0.1) is 12.3 Å². The van der Waals surface area contributed by atoms with Crippen molar-refractivity contribution in [2.75, 3.05) is 0 Å². The fourth-order valence-electron chi connectivity index (χ4n) is 1.98. The second-order valence-corrected chi connectivity index (χ2v) is 3.64. The van der Waals surface area contributed by atoms with Crippen molar-refractivity contribution < 1.29 is 19.5 Å². The number of rotatable bonds is 3. The third kappa shape index (κ3) is 1.92. The topological polar surface area (TPSA) is 83.5 Å². The van der Waals surface area contributed by atoms with E-state index >= 15 is 0 Å². The molecule has 1 fully saturated rings. The molecule has 0 aromatic rings. The van der Waals surface area contributed by atoms with E-state index in [9.17, 15) is 14.4 Å². The predicted octanol–water partition coefficient (Wildman–Crippen LogP) is -0.199. The summed E-state index contributed by atoms with van der Waals surface area (Å²) in [5, 5.41) is 11.2. The molecule has 2 N–H and O–H groups in total. The molecule has 1 aliphatic rings. The number of ketones is 1. The minimum absolute atomic E-state index is 0.137. The third-order valence-corrected chi connectivity index (χ3v) is 2.54. The molecule has 1 aliphatic heterocycles. The molecule has 1 heterocycles. The Labute approximate surface area is 81.5 Å². The summed E-state index contributed by atoms with van der Waals surface area (Å²) in [5.41, 5.74) is 0. The van der Waals surface area contributed by atoms with Crippen molar-refractivity contribution in [3.05, 3.63) is 0 Å². The number of hydrogen-bond acceptors (Lipinski definition) is 3. The Balaban J connectivity index is 2.83. The maximum Gasteiger partial charge on any atom is 0.304 e. The molecule has 0 bridgehead atoms. The molecule has 0 unspecified atom stereocenters. The van der Waals surface area contributed by atoms with Crippen molar-refractivity contribution in [1.29, 1.82) is 0 Å². The molecule has 1 saturated heterocycles. The van der Waals surface area contributed by atoms with Gasteiger partial charge in [0.25, 0.3) is 0 Å². The smallest absolute Gasteiger partial charge is 0.304 e. The van der Waals surface area contributed by atoms with Gasteiger partial charge >= 0.3 is 5.97 Å². The van der Waals surface area contributed by atoms with E-state index in [1.807, 2.05) is 0 Å². The summed E-state index contributed by atoms with van der Waals surface area (Å²) in [6.07, 6.45) is -0.277. The van der Waals surface area contributed by atoms with Gasteiger partial charge in [-0.1, -0.05) is 0 Å². The highest BCUT2D eigenvalue weighted by molar-refractivity contribution is 5.93. The monoisotopic (exact) mass is 199 g/mol. The number of carbonyl (C=O) groups excluding carboxylic acids is 2. The number of nitrogens with one attached hydrogen (secondary N) is 1. The lowest BCUT2D eigenvalue weighted by molar-refractivity contribution is -0.141. The van der Waals surface area contributed by atoms with Crippen LogP contribution in [0.15, 0.2) is 0 Å². The maximum atomic E-state index is 11.3. The Bertz CT molecular complexity index is 287. The molecule has 0 saturated carbocycles. The molecule has 0 radical (unpaired) electrons. The lowest BCUT2D eigenvalue weighted by Gasteiger charge is -2.14. The third-order valence-electron chi connectivity index (χ3n) is 2.54. The van der Waals surface area contributed by atoms with Crippen molar-refractivity contribution in [3.8, 4) is 0 Å². The Kier molecular flexibility index (Phi) is 2.88. The van der Waals surface area contributed by atoms with Gasteiger partial charge in [-0.25, -0.2) is 0 Å². The standard InChI is InChI=1S/C9H13NO4/c1-4-8(5(2)11)6(3-7(12)13)9(14)10-4/h4,6,8H,3H2,1-2H3,(H,10,14)(H,12,13)/t4-,6-,8+/m0/s1. The summed E-state index contributed by atoms with van der Waals surface area (Å²) in [5.74, 6) is -2.73. The molecule has 1 rings (SSSR count). The van der Waals surface area contributed by atoms with Gasteiger partial charge in [-0.3, -0.25) is 14.4 Å². The summed E-state index contributed by atoms with van der Waals surface area (Å²) in [6.45, 7) is 3.10. The van der Waals surface area contributed by atoms with Crippen LogP contribution in [-0.4, -0.2) is 28.8 Å². The van der Waals surface area contributed by atoms with Crippen molar-refractivity contribution in [3.63, 3.8) is 0 Å². The predicted molar refractivity (Wildman–Crippen MR) is 47.5 cm³/mol. The molecular weight excluding hydrogens is 186 g/mol. The Morgan fingerprint density at radius 3 is 2.50 bits per heavy atom. The lowest BCUT2D eigenvalue weighted by Crippen LogP contribution is -2.29. The van der Waals surface area contributed by atoms with Crippen molar-refractivity contribution in [1.82, 2.24) is 5.32 Å². The highest BCUT2D eigenvalue weighted by atomic mass is 16.4. The first-order valence-electron chi connectivity index (χ1n) is 4.46. The number of carboxylic acid groups (broad SMARTS) is 1. The molecule has 14 heavy (non-hydrogen) atoms. The van der Waals surface area contributed by atoms with E-state index in [4.69, 9.17) is 5.11 Å². The molecule has 0 aromatic heterocycles. The van der Waals surface area contributed by atoms with Gasteiger partial charge in [0.2, 0.25) is 5.91 Å². The molecule has 78 valence electrons. The van der Waals surface area contributed by atoms with Gasteiger partial charge in [0.15, 0.2) is 0 Å². The van der Waals surface area contributed by atoms with Crippen molar-refractivity contribution in [2.24, 2.45) is 11.8 Å². The van der Waals surface area contributed by atoms with Crippen molar-refractivity contribution >= 4 is 17.7 Å². The number of amides is 1. The fraction of sp³-hybridized carbons (Fsp3) is 0.667. The van der Waals surface area contributed by atoms with Crippen LogP contribution in [0, 0.1) is 11.8 Å². The first kappa shape index (κ1) is 10.7. The number of hydrogen-bond donors (Lipinski definition) is 2. The molecule has 0 aromatic carbocycles. The largest absolute Gasteiger partial charge is 0.481 e. The van der Waals surface area contributed by atoms with Crippen LogP contribution in [0.4, 0.5) is 0 Å². The van der Waals surface area contributed by atoms with Crippen LogP contribution in [0.2, 0.25) is 0 Å². The Hall–Kier alpha value is -1.39. The summed E-state index contributed by atoms with van der Waals surface area (Å²) >= 11 is 0. The summed E-state index contributed by atoms with van der Waals surface area (Å²) in [7, 11) is 0. The van der Waals surface area contributed by atoms with E-state index in [2.05, 4.69) is 5.32 Å². The van der Waals surface area contributed by atoms with Crippen LogP contribution in [0.25, 0.3) is 0 Å². The van der Waals surface area contributed by atoms with E-state index in [0.717, 1.165) is 0 Å². The lowest BCUT2D eigenvalue weighted by atomic mass is 9.85. The molecule has 0 aliphatic carbocycles. The summed E-state index contributed by atoms with van der Waals surface area (Å²) < 4.78 is 0. The minimum atomic E-state index is -1.05. The number of aliphatic carboxylic acids is 1. The van der Waals surface area contributed by atoms with Crippen LogP contribution >= 0.6 is 0 Å². The van der Waals surface area contributed by atoms with E-state index in [0.29, 0.717) is 0 Å². The quantitative estimate of drug-likeness (QED) is 0.659. The normalized spacial score (nSPS) is 31.3. The molecular formula is C9H13NO4. The molecule has 3 atom stereocenters. The Morgan fingerprint density at radius 1 is 1.50 bits per heavy atom. The zero-order chi connectivity index (χ0) is 10.9. The molecule has 0 spiro atoms. The van der Waals surface area contributed by atoms with E-state index in [1.54, 1.807) is 6.92 Å². The Morgan fingerprint density at radius 2 is 2.07 bits per heavy atom. The fourth-order valence-corrected chi connectivity index (χ4v) is 1.98. The van der Waals surface area contributed by atoms with E-state index in [-0.39, 0.29) is 24.2 Å². The van der Waals surface area contributed by atoms with Crippen LogP contribution in [-0.2, 0) is 14.4 Å².